The van der Waals surface area contributed by atoms with Crippen LogP contribution in [0, 0.1) is 12.7 Å². The Bertz CT molecular complexity index is 705. The van der Waals surface area contributed by atoms with Crippen molar-refractivity contribution in [2.24, 2.45) is 0 Å². The number of anilines is 1. The van der Waals surface area contributed by atoms with Crippen LogP contribution in [-0.2, 0) is 9.59 Å². The van der Waals surface area contributed by atoms with E-state index >= 15 is 0 Å². The summed E-state index contributed by atoms with van der Waals surface area (Å²) in [5.74, 6) is -1.96. The molecular weight excluding hydrogens is 277 g/mol. The monoisotopic (exact) mass is 289 g/mol. The van der Waals surface area contributed by atoms with Crippen molar-refractivity contribution in [1.82, 2.24) is 10.2 Å². The Morgan fingerprint density at radius 1 is 1.29 bits per heavy atom. The number of H-pyrrole nitrogens is 1. The summed E-state index contributed by atoms with van der Waals surface area (Å²) < 4.78 is 13.0. The van der Waals surface area contributed by atoms with E-state index in [0.717, 1.165) is 12.2 Å². The fraction of sp³-hybridized carbons (Fsp3) is 0.0714. The lowest BCUT2D eigenvalue weighted by molar-refractivity contribution is -0.131. The number of aryl methyl sites for hydroxylation is 1. The predicted molar refractivity (Wildman–Crippen MR) is 74.1 cm³/mol. The molecule has 1 heterocycles. The molecule has 21 heavy (non-hydrogen) atoms. The lowest BCUT2D eigenvalue weighted by Gasteiger charge is -2.04. The average Bonchev–Trinajstić information content (AvgIpc) is 2.79. The SMILES string of the molecule is Cc1[nH]nc(NC(=O)C=CC(=O)O)c1-c1ccc(F)cc1. The molecule has 7 heteroatoms. The van der Waals surface area contributed by atoms with Gasteiger partial charge in [-0.05, 0) is 24.6 Å². The molecule has 0 spiro atoms. The number of aliphatic carboxylic acids is 1. The zero-order valence-electron chi connectivity index (χ0n) is 11.1. The van der Waals surface area contributed by atoms with Gasteiger partial charge in [0.2, 0.25) is 5.91 Å². The van der Waals surface area contributed by atoms with E-state index in [1.165, 1.54) is 12.1 Å². The van der Waals surface area contributed by atoms with Crippen LogP contribution in [0.5, 0.6) is 0 Å². The first kappa shape index (κ1) is 14.4. The van der Waals surface area contributed by atoms with Crippen molar-refractivity contribution in [2.45, 2.75) is 6.92 Å². The molecule has 0 aliphatic heterocycles. The van der Waals surface area contributed by atoms with Crippen molar-refractivity contribution in [3.05, 3.63) is 47.9 Å². The third-order valence-electron chi connectivity index (χ3n) is 2.70. The molecule has 0 aliphatic carbocycles. The highest BCUT2D eigenvalue weighted by molar-refractivity contribution is 6.03. The van der Waals surface area contributed by atoms with Gasteiger partial charge in [-0.15, -0.1) is 0 Å². The van der Waals surface area contributed by atoms with Crippen molar-refractivity contribution in [3.8, 4) is 11.1 Å². The van der Waals surface area contributed by atoms with Crippen LogP contribution in [-0.4, -0.2) is 27.2 Å². The second kappa shape index (κ2) is 6.00. The molecular formula is C14H12FN3O3. The van der Waals surface area contributed by atoms with Crippen molar-refractivity contribution in [1.29, 1.82) is 0 Å². The smallest absolute Gasteiger partial charge is 0.328 e. The number of nitrogens with zero attached hydrogens (tertiary/aromatic N) is 1. The van der Waals surface area contributed by atoms with Crippen LogP contribution < -0.4 is 5.32 Å². The number of benzene rings is 1. The Kier molecular flexibility index (Phi) is 4.13. The highest BCUT2D eigenvalue weighted by atomic mass is 19.1. The summed E-state index contributed by atoms with van der Waals surface area (Å²) in [6.45, 7) is 1.76. The molecule has 0 saturated heterocycles. The number of rotatable bonds is 4. The Morgan fingerprint density at radius 2 is 1.95 bits per heavy atom. The number of carboxylic acids is 1. The summed E-state index contributed by atoms with van der Waals surface area (Å²) in [6, 6.07) is 5.74. The van der Waals surface area contributed by atoms with Gasteiger partial charge in [-0.25, -0.2) is 9.18 Å². The van der Waals surface area contributed by atoms with Crippen LogP contribution in [0.2, 0.25) is 0 Å². The summed E-state index contributed by atoms with van der Waals surface area (Å²) in [4.78, 5) is 21.9. The standard InChI is InChI=1S/C14H12FN3O3/c1-8-13(9-2-4-10(15)5-3-9)14(18-17-8)16-11(19)6-7-12(20)21/h2-7H,1H3,(H,20,21)(H2,16,17,18,19). The molecule has 0 radical (unpaired) electrons. The Morgan fingerprint density at radius 3 is 2.57 bits per heavy atom. The number of aromatic nitrogens is 2. The number of carboxylic acid groups (broad SMARTS) is 1. The molecule has 0 unspecified atom stereocenters. The topological polar surface area (TPSA) is 95.1 Å². The zero-order chi connectivity index (χ0) is 15.4. The third-order valence-corrected chi connectivity index (χ3v) is 2.70. The molecule has 3 N–H and O–H groups in total. The fourth-order valence-electron chi connectivity index (χ4n) is 1.79. The van der Waals surface area contributed by atoms with Crippen LogP contribution in [0.3, 0.4) is 0 Å². The lowest BCUT2D eigenvalue weighted by Crippen LogP contribution is -2.10. The molecule has 0 aliphatic rings. The molecule has 1 aromatic heterocycles. The number of carbonyl (C=O) groups excluding carboxylic acids is 1. The molecule has 1 aromatic carbocycles. The van der Waals surface area contributed by atoms with Gasteiger partial charge in [0.1, 0.15) is 5.82 Å². The van der Waals surface area contributed by atoms with Crippen molar-refractivity contribution in [3.63, 3.8) is 0 Å². The number of aromatic amines is 1. The van der Waals surface area contributed by atoms with Crippen molar-refractivity contribution in [2.75, 3.05) is 5.32 Å². The second-order valence-corrected chi connectivity index (χ2v) is 4.24. The molecule has 2 rings (SSSR count). The van der Waals surface area contributed by atoms with Crippen LogP contribution >= 0.6 is 0 Å². The van der Waals surface area contributed by atoms with Gasteiger partial charge in [0.05, 0.1) is 0 Å². The predicted octanol–water partition coefficient (Wildman–Crippen LogP) is 2.10. The lowest BCUT2D eigenvalue weighted by atomic mass is 10.1. The van der Waals surface area contributed by atoms with E-state index in [2.05, 4.69) is 15.5 Å². The molecule has 0 saturated carbocycles. The van der Waals surface area contributed by atoms with E-state index in [4.69, 9.17) is 5.11 Å². The fourth-order valence-corrected chi connectivity index (χ4v) is 1.79. The maximum absolute atomic E-state index is 13.0. The molecule has 0 bridgehead atoms. The quantitative estimate of drug-likeness (QED) is 0.751. The normalized spacial score (nSPS) is 10.8. The van der Waals surface area contributed by atoms with Crippen molar-refractivity contribution >= 4 is 17.7 Å². The number of carbonyl (C=O) groups is 2. The first-order chi connectivity index (χ1) is 9.97. The Balaban J connectivity index is 2.28. The number of hydrogen-bond donors (Lipinski definition) is 3. The maximum atomic E-state index is 13.0. The maximum Gasteiger partial charge on any atom is 0.328 e. The van der Waals surface area contributed by atoms with Crippen LogP contribution in [0.4, 0.5) is 10.2 Å². The summed E-state index contributed by atoms with van der Waals surface area (Å²) >= 11 is 0. The summed E-state index contributed by atoms with van der Waals surface area (Å²) in [5.41, 5.74) is 1.99. The number of nitrogens with one attached hydrogen (secondary N) is 2. The molecule has 1 amide bonds. The number of amides is 1. The molecule has 2 aromatic rings. The van der Waals surface area contributed by atoms with Gasteiger partial charge in [0, 0.05) is 23.4 Å². The van der Waals surface area contributed by atoms with Gasteiger partial charge in [-0.2, -0.15) is 5.10 Å². The van der Waals surface area contributed by atoms with E-state index in [-0.39, 0.29) is 11.6 Å². The minimum atomic E-state index is -1.22. The largest absolute Gasteiger partial charge is 0.478 e. The highest BCUT2D eigenvalue weighted by Crippen LogP contribution is 2.29. The van der Waals surface area contributed by atoms with E-state index in [0.29, 0.717) is 16.8 Å². The first-order valence-electron chi connectivity index (χ1n) is 6.00. The zero-order valence-corrected chi connectivity index (χ0v) is 11.1. The van der Waals surface area contributed by atoms with Gasteiger partial charge in [-0.1, -0.05) is 12.1 Å². The second-order valence-electron chi connectivity index (χ2n) is 4.24. The number of halogens is 1. The Labute approximate surface area is 119 Å². The van der Waals surface area contributed by atoms with Gasteiger partial charge in [0.15, 0.2) is 5.82 Å². The van der Waals surface area contributed by atoms with Crippen LogP contribution in [0.1, 0.15) is 5.69 Å². The Hall–Kier alpha value is -2.96. The molecule has 0 fully saturated rings. The highest BCUT2D eigenvalue weighted by Gasteiger charge is 2.14. The first-order valence-corrected chi connectivity index (χ1v) is 6.00. The molecule has 0 atom stereocenters. The third kappa shape index (κ3) is 3.53. The minimum absolute atomic E-state index is 0.249. The van der Waals surface area contributed by atoms with E-state index in [1.807, 2.05) is 0 Å². The summed E-state index contributed by atoms with van der Waals surface area (Å²) in [5, 5.41) is 17.6. The van der Waals surface area contributed by atoms with Crippen LogP contribution in [0.15, 0.2) is 36.4 Å². The van der Waals surface area contributed by atoms with Gasteiger partial charge < -0.3 is 10.4 Å². The average molecular weight is 289 g/mol. The summed E-state index contributed by atoms with van der Waals surface area (Å²) in [6.07, 6.45) is 1.62. The molecule has 108 valence electrons. The number of hydrogen-bond acceptors (Lipinski definition) is 3. The van der Waals surface area contributed by atoms with Gasteiger partial charge >= 0.3 is 5.97 Å². The van der Waals surface area contributed by atoms with E-state index in [9.17, 15) is 14.0 Å². The van der Waals surface area contributed by atoms with Gasteiger partial charge in [0.25, 0.3) is 0 Å². The van der Waals surface area contributed by atoms with E-state index in [1.54, 1.807) is 19.1 Å². The van der Waals surface area contributed by atoms with Gasteiger partial charge in [-0.3, -0.25) is 9.89 Å². The van der Waals surface area contributed by atoms with Crippen LogP contribution in [0.25, 0.3) is 11.1 Å². The summed E-state index contributed by atoms with van der Waals surface area (Å²) in [7, 11) is 0. The van der Waals surface area contributed by atoms with E-state index < -0.39 is 11.9 Å². The minimum Gasteiger partial charge on any atom is -0.478 e. The van der Waals surface area contributed by atoms with Crippen molar-refractivity contribution < 1.29 is 19.1 Å². The molecule has 6 nitrogen and oxygen atoms in total.